The van der Waals surface area contributed by atoms with E-state index in [-0.39, 0.29) is 15.9 Å². The number of thiophene rings is 1. The number of rotatable bonds is 10. The molecule has 37 heavy (non-hydrogen) atoms. The summed E-state index contributed by atoms with van der Waals surface area (Å²) in [6.07, 6.45) is 5.70. The molecular weight excluding hydrogens is 528 g/mol. The Morgan fingerprint density at radius 2 is 1.86 bits per heavy atom. The molecule has 4 aromatic rings. The van der Waals surface area contributed by atoms with Crippen LogP contribution in [0.5, 0.6) is 5.75 Å². The number of halogens is 1. The van der Waals surface area contributed by atoms with Crippen LogP contribution in [0.3, 0.4) is 0 Å². The van der Waals surface area contributed by atoms with E-state index in [9.17, 15) is 13.2 Å². The number of carbonyl (C=O) groups is 1. The third-order valence-electron chi connectivity index (χ3n) is 7.01. The fourth-order valence-electron chi connectivity index (χ4n) is 5.16. The molecule has 194 valence electrons. The maximum absolute atomic E-state index is 13.1. The van der Waals surface area contributed by atoms with E-state index in [2.05, 4.69) is 12.1 Å². The van der Waals surface area contributed by atoms with Crippen molar-refractivity contribution in [1.82, 2.24) is 9.78 Å². The van der Waals surface area contributed by atoms with Crippen molar-refractivity contribution >= 4 is 49.5 Å². The summed E-state index contributed by atoms with van der Waals surface area (Å²) in [7, 11) is -2.06. The zero-order valence-electron chi connectivity index (χ0n) is 20.7. The van der Waals surface area contributed by atoms with E-state index in [4.69, 9.17) is 21.4 Å². The number of ketones is 1. The van der Waals surface area contributed by atoms with Crippen molar-refractivity contribution in [3.8, 4) is 5.75 Å². The predicted molar refractivity (Wildman–Crippen MR) is 147 cm³/mol. The highest BCUT2D eigenvalue weighted by Crippen LogP contribution is 2.34. The van der Waals surface area contributed by atoms with Crippen LogP contribution in [0.15, 0.2) is 58.8 Å². The molecular formula is C28H29ClN2O4S2. The van der Waals surface area contributed by atoms with Crippen LogP contribution in [0.1, 0.15) is 48.9 Å². The first-order chi connectivity index (χ1) is 17.8. The lowest BCUT2D eigenvalue weighted by Gasteiger charge is -2.09. The first-order valence-corrected chi connectivity index (χ1v) is 15.3. The van der Waals surface area contributed by atoms with Crippen molar-refractivity contribution in [1.29, 1.82) is 0 Å². The number of sulfone groups is 1. The van der Waals surface area contributed by atoms with Gasteiger partial charge in [0, 0.05) is 12.3 Å². The molecule has 0 N–H and O–H groups in total. The van der Waals surface area contributed by atoms with Crippen LogP contribution in [0.2, 0.25) is 4.34 Å². The normalized spacial score (nSPS) is 14.4. The van der Waals surface area contributed by atoms with Gasteiger partial charge in [0.25, 0.3) is 0 Å². The van der Waals surface area contributed by atoms with Gasteiger partial charge in [0.2, 0.25) is 0 Å². The Kier molecular flexibility index (Phi) is 7.70. The number of ether oxygens (including phenoxy) is 1. The van der Waals surface area contributed by atoms with Gasteiger partial charge in [-0.3, -0.25) is 9.48 Å². The Labute approximate surface area is 226 Å². The van der Waals surface area contributed by atoms with Crippen molar-refractivity contribution in [2.45, 2.75) is 55.0 Å². The van der Waals surface area contributed by atoms with Gasteiger partial charge in [0.15, 0.2) is 9.84 Å². The number of carbonyl (C=O) groups excluding carboxylic acids is 1. The van der Waals surface area contributed by atoms with E-state index in [1.54, 1.807) is 13.2 Å². The fraction of sp³-hybridized carbons (Fsp3) is 0.357. The number of benzene rings is 2. The third-order valence-corrected chi connectivity index (χ3v) is 10.4. The molecule has 1 fully saturated rings. The first kappa shape index (κ1) is 25.9. The molecule has 0 amide bonds. The van der Waals surface area contributed by atoms with Gasteiger partial charge < -0.3 is 4.74 Å². The van der Waals surface area contributed by atoms with Crippen LogP contribution in [-0.2, 0) is 33.4 Å². The minimum Gasteiger partial charge on any atom is -0.496 e. The first-order valence-electron chi connectivity index (χ1n) is 12.4. The molecule has 1 aliphatic carbocycles. The van der Waals surface area contributed by atoms with Gasteiger partial charge in [-0.1, -0.05) is 54.8 Å². The van der Waals surface area contributed by atoms with Crippen LogP contribution < -0.4 is 4.74 Å². The molecule has 1 saturated carbocycles. The van der Waals surface area contributed by atoms with Crippen LogP contribution in [0, 0.1) is 5.92 Å². The number of hydrogen-bond acceptors (Lipinski definition) is 6. The second-order valence-corrected chi connectivity index (χ2v) is 13.5. The number of nitrogens with zero attached hydrogens (tertiary/aromatic N) is 2. The second-order valence-electron chi connectivity index (χ2n) is 9.54. The third kappa shape index (κ3) is 5.76. The summed E-state index contributed by atoms with van der Waals surface area (Å²) in [5.74, 6) is 0.952. The van der Waals surface area contributed by atoms with E-state index in [1.165, 1.54) is 18.9 Å². The lowest BCUT2D eigenvalue weighted by atomic mass is 9.96. The molecule has 2 heterocycles. The summed E-state index contributed by atoms with van der Waals surface area (Å²) in [6.45, 7) is 0.471. The van der Waals surface area contributed by atoms with Gasteiger partial charge in [-0.2, -0.15) is 5.10 Å². The van der Waals surface area contributed by atoms with Gasteiger partial charge in [0.1, 0.15) is 21.5 Å². The van der Waals surface area contributed by atoms with E-state index in [1.807, 2.05) is 35.0 Å². The maximum atomic E-state index is 13.1. The monoisotopic (exact) mass is 556 g/mol. The number of hydrogen-bond donors (Lipinski definition) is 0. The zero-order valence-corrected chi connectivity index (χ0v) is 23.0. The Morgan fingerprint density at radius 3 is 2.59 bits per heavy atom. The van der Waals surface area contributed by atoms with Crippen molar-refractivity contribution in [2.75, 3.05) is 7.11 Å². The number of methoxy groups -OCH3 is 1. The highest BCUT2D eigenvalue weighted by atomic mass is 35.5. The van der Waals surface area contributed by atoms with Crippen molar-refractivity contribution < 1.29 is 17.9 Å². The Morgan fingerprint density at radius 1 is 1.11 bits per heavy atom. The van der Waals surface area contributed by atoms with Gasteiger partial charge in [-0.15, -0.1) is 11.3 Å². The second kappa shape index (κ2) is 11.0. The lowest BCUT2D eigenvalue weighted by molar-refractivity contribution is -0.122. The summed E-state index contributed by atoms with van der Waals surface area (Å²) >= 11 is 7.03. The molecule has 0 atom stereocenters. The van der Waals surface area contributed by atoms with Crippen molar-refractivity contribution in [2.24, 2.45) is 5.92 Å². The van der Waals surface area contributed by atoms with Crippen LogP contribution in [0.25, 0.3) is 10.9 Å². The SMILES string of the molecule is COc1cccc2c1c(CS(=O)(=O)c1ccc(Cl)s1)nn2Cc1cccc(CCC(=O)C2CCCC2)c1. The topological polar surface area (TPSA) is 78.3 Å². The molecule has 0 aliphatic heterocycles. The molecule has 6 nitrogen and oxygen atoms in total. The molecule has 2 aromatic carbocycles. The predicted octanol–water partition coefficient (Wildman–Crippen LogP) is 6.47. The van der Waals surface area contributed by atoms with Gasteiger partial charge in [0.05, 0.1) is 34.6 Å². The molecule has 0 spiro atoms. The van der Waals surface area contributed by atoms with Crippen molar-refractivity contribution in [3.63, 3.8) is 0 Å². The van der Waals surface area contributed by atoms with Crippen LogP contribution in [0.4, 0.5) is 0 Å². The van der Waals surface area contributed by atoms with E-state index in [0.29, 0.717) is 39.9 Å². The molecule has 1 aliphatic rings. The molecule has 0 bridgehead atoms. The highest BCUT2D eigenvalue weighted by Gasteiger charge is 2.24. The number of Topliss-reactive ketones (excluding diaryl/α,β-unsaturated/α-hetero) is 1. The summed E-state index contributed by atoms with van der Waals surface area (Å²) in [5, 5.41) is 5.43. The van der Waals surface area contributed by atoms with E-state index >= 15 is 0 Å². The standard InChI is InChI=1S/C28H29ClN2O4S2/c1-35-25-11-5-10-23-28(25)22(18-37(33,34)27-15-14-26(29)36-27)30-31(23)17-20-7-4-6-19(16-20)12-13-24(32)21-8-2-3-9-21/h4-7,10-11,14-16,21H,2-3,8-9,12-13,17-18H2,1H3. The number of fused-ring (bicyclic) bond motifs is 1. The van der Waals surface area contributed by atoms with Crippen molar-refractivity contribution in [3.05, 3.63) is 75.8 Å². The van der Waals surface area contributed by atoms with Crippen LogP contribution in [-0.4, -0.2) is 31.1 Å². The minimum atomic E-state index is -3.63. The Balaban J connectivity index is 1.41. The molecule has 0 saturated heterocycles. The van der Waals surface area contributed by atoms with Gasteiger partial charge >= 0.3 is 0 Å². The average Bonchev–Trinajstić information content (AvgIpc) is 3.64. The molecule has 2 aromatic heterocycles. The summed E-state index contributed by atoms with van der Waals surface area (Å²) in [5.41, 5.74) is 3.40. The summed E-state index contributed by atoms with van der Waals surface area (Å²) in [4.78, 5) is 12.5. The fourth-order valence-corrected chi connectivity index (χ4v) is 8.01. The van der Waals surface area contributed by atoms with Crippen LogP contribution >= 0.6 is 22.9 Å². The molecule has 9 heteroatoms. The largest absolute Gasteiger partial charge is 0.496 e. The van der Waals surface area contributed by atoms with Gasteiger partial charge in [-0.25, -0.2) is 8.42 Å². The molecule has 0 radical (unpaired) electrons. The number of aryl methyl sites for hydroxylation is 1. The van der Waals surface area contributed by atoms with E-state index in [0.717, 1.165) is 47.2 Å². The Bertz CT molecular complexity index is 1530. The highest BCUT2D eigenvalue weighted by molar-refractivity contribution is 7.92. The molecule has 5 rings (SSSR count). The van der Waals surface area contributed by atoms with E-state index < -0.39 is 9.84 Å². The summed E-state index contributed by atoms with van der Waals surface area (Å²) in [6, 6.07) is 16.9. The minimum absolute atomic E-state index is 0.218. The lowest BCUT2D eigenvalue weighted by Crippen LogP contribution is -2.11. The Hall–Kier alpha value is -2.68. The number of aromatic nitrogens is 2. The zero-order chi connectivity index (χ0) is 26.0. The maximum Gasteiger partial charge on any atom is 0.193 e. The smallest absolute Gasteiger partial charge is 0.193 e. The average molecular weight is 557 g/mol. The van der Waals surface area contributed by atoms with Gasteiger partial charge in [-0.05, 0) is 54.7 Å². The molecule has 0 unspecified atom stereocenters. The summed E-state index contributed by atoms with van der Waals surface area (Å²) < 4.78 is 34.3. The quantitative estimate of drug-likeness (QED) is 0.223.